The average Bonchev–Trinajstić information content (AvgIpc) is 1.93. The van der Waals surface area contributed by atoms with Crippen LogP contribution in [0.25, 0.3) is 0 Å². The second kappa shape index (κ2) is 4.09. The molecule has 0 atom stereocenters. The minimum Gasteiger partial charge on any atom is -0.376 e. The Bertz CT molecular complexity index is 181. The second-order valence-corrected chi connectivity index (χ2v) is 4.55. The largest absolute Gasteiger partial charge is 0.376 e. The smallest absolute Gasteiger partial charge is 0.216 e. The van der Waals surface area contributed by atoms with E-state index in [1.165, 1.54) is 6.92 Å². The van der Waals surface area contributed by atoms with Gasteiger partial charge < -0.3 is 10.1 Å². The van der Waals surface area contributed by atoms with Gasteiger partial charge in [-0.3, -0.25) is 4.79 Å². The van der Waals surface area contributed by atoms with Crippen LogP contribution < -0.4 is 5.32 Å². The molecule has 1 rings (SSSR count). The van der Waals surface area contributed by atoms with E-state index in [4.69, 9.17) is 4.74 Å². The molecule has 0 aromatic heterocycles. The Labute approximate surface area is 79.8 Å². The van der Waals surface area contributed by atoms with Gasteiger partial charge in [-0.25, -0.2) is 0 Å². The van der Waals surface area contributed by atoms with Crippen molar-refractivity contribution in [1.82, 2.24) is 5.32 Å². The molecule has 13 heavy (non-hydrogen) atoms. The van der Waals surface area contributed by atoms with Crippen molar-refractivity contribution in [3.05, 3.63) is 0 Å². The Morgan fingerprint density at radius 1 is 1.54 bits per heavy atom. The highest BCUT2D eigenvalue weighted by Crippen LogP contribution is 2.41. The molecule has 1 N–H and O–H groups in total. The summed E-state index contributed by atoms with van der Waals surface area (Å²) in [5.41, 5.74) is 0.471. The van der Waals surface area contributed by atoms with Crippen LogP contribution in [-0.2, 0) is 9.53 Å². The molecule has 3 nitrogen and oxygen atoms in total. The quantitative estimate of drug-likeness (QED) is 0.671. The molecule has 3 heteroatoms. The lowest BCUT2D eigenvalue weighted by molar-refractivity contribution is -0.119. The van der Waals surface area contributed by atoms with Gasteiger partial charge in [0.1, 0.15) is 0 Å². The molecular weight excluding hydrogens is 166 g/mol. The van der Waals surface area contributed by atoms with E-state index in [1.54, 1.807) is 0 Å². The van der Waals surface area contributed by atoms with E-state index >= 15 is 0 Å². The van der Waals surface area contributed by atoms with Crippen LogP contribution in [0.4, 0.5) is 0 Å². The maximum Gasteiger partial charge on any atom is 0.216 e. The molecule has 0 radical (unpaired) electrons. The SMILES string of the molecule is CC(=O)NCCOC1CC(C)(C)C1. The molecule has 0 aromatic carbocycles. The Balaban J connectivity index is 1.94. The van der Waals surface area contributed by atoms with Crippen LogP contribution in [0.2, 0.25) is 0 Å². The number of hydrogen-bond acceptors (Lipinski definition) is 2. The highest BCUT2D eigenvalue weighted by molar-refractivity contribution is 5.72. The molecule has 0 aromatic rings. The highest BCUT2D eigenvalue weighted by Gasteiger charge is 2.36. The van der Waals surface area contributed by atoms with Crippen molar-refractivity contribution in [2.45, 2.75) is 39.7 Å². The van der Waals surface area contributed by atoms with Gasteiger partial charge >= 0.3 is 0 Å². The predicted molar refractivity (Wildman–Crippen MR) is 51.4 cm³/mol. The van der Waals surface area contributed by atoms with Gasteiger partial charge in [0.25, 0.3) is 0 Å². The summed E-state index contributed by atoms with van der Waals surface area (Å²) in [5, 5.41) is 2.71. The number of rotatable bonds is 4. The number of hydrogen-bond donors (Lipinski definition) is 1. The minimum atomic E-state index is 0.0116. The average molecular weight is 185 g/mol. The molecule has 0 saturated heterocycles. The zero-order valence-electron chi connectivity index (χ0n) is 8.72. The molecule has 76 valence electrons. The summed E-state index contributed by atoms with van der Waals surface area (Å²) < 4.78 is 5.55. The summed E-state index contributed by atoms with van der Waals surface area (Å²) in [6.45, 7) is 7.29. The molecule has 0 spiro atoms. The monoisotopic (exact) mass is 185 g/mol. The van der Waals surface area contributed by atoms with Gasteiger partial charge in [-0.1, -0.05) is 13.8 Å². The Morgan fingerprint density at radius 3 is 2.62 bits per heavy atom. The predicted octanol–water partition coefficient (Wildman–Crippen LogP) is 1.33. The molecule has 1 aliphatic carbocycles. The van der Waals surface area contributed by atoms with Gasteiger partial charge in [0.2, 0.25) is 5.91 Å². The van der Waals surface area contributed by atoms with Gasteiger partial charge in [0.05, 0.1) is 12.7 Å². The molecule has 0 unspecified atom stereocenters. The first-order chi connectivity index (χ1) is 5.99. The van der Waals surface area contributed by atoms with E-state index in [2.05, 4.69) is 19.2 Å². The number of nitrogens with one attached hydrogen (secondary N) is 1. The first-order valence-corrected chi connectivity index (χ1v) is 4.86. The molecule has 1 amide bonds. The fourth-order valence-electron chi connectivity index (χ4n) is 1.74. The molecule has 1 aliphatic rings. The van der Waals surface area contributed by atoms with Crippen molar-refractivity contribution in [3.63, 3.8) is 0 Å². The van der Waals surface area contributed by atoms with Crippen LogP contribution in [-0.4, -0.2) is 25.2 Å². The number of ether oxygens (including phenoxy) is 1. The molecule has 0 aliphatic heterocycles. The van der Waals surface area contributed by atoms with Gasteiger partial charge in [-0.05, 0) is 18.3 Å². The van der Waals surface area contributed by atoms with Crippen molar-refractivity contribution >= 4 is 5.91 Å². The highest BCUT2D eigenvalue weighted by atomic mass is 16.5. The molecule has 1 saturated carbocycles. The summed E-state index contributed by atoms with van der Waals surface area (Å²) >= 11 is 0. The van der Waals surface area contributed by atoms with Crippen LogP contribution >= 0.6 is 0 Å². The fraction of sp³-hybridized carbons (Fsp3) is 0.900. The van der Waals surface area contributed by atoms with Gasteiger partial charge in [0, 0.05) is 13.5 Å². The Morgan fingerprint density at radius 2 is 2.15 bits per heavy atom. The molecule has 1 fully saturated rings. The van der Waals surface area contributed by atoms with Gasteiger partial charge in [-0.2, -0.15) is 0 Å². The van der Waals surface area contributed by atoms with Crippen LogP contribution in [0.5, 0.6) is 0 Å². The van der Waals surface area contributed by atoms with Crippen LogP contribution in [0.3, 0.4) is 0 Å². The third kappa shape index (κ3) is 3.77. The van der Waals surface area contributed by atoms with Crippen LogP contribution in [0.1, 0.15) is 33.6 Å². The Hall–Kier alpha value is -0.570. The van der Waals surface area contributed by atoms with Crippen molar-refractivity contribution in [2.24, 2.45) is 5.41 Å². The third-order valence-electron chi connectivity index (χ3n) is 2.39. The van der Waals surface area contributed by atoms with E-state index in [0.717, 1.165) is 12.8 Å². The normalized spacial score (nSPS) is 20.8. The number of carbonyl (C=O) groups excluding carboxylic acids is 1. The summed E-state index contributed by atoms with van der Waals surface area (Å²) in [4.78, 5) is 10.5. The van der Waals surface area contributed by atoms with E-state index in [9.17, 15) is 4.79 Å². The number of carbonyl (C=O) groups is 1. The summed E-state index contributed by atoms with van der Waals surface area (Å²) in [5.74, 6) is 0.0116. The topological polar surface area (TPSA) is 38.3 Å². The zero-order valence-corrected chi connectivity index (χ0v) is 8.72. The summed E-state index contributed by atoms with van der Waals surface area (Å²) in [6.07, 6.45) is 2.71. The number of amides is 1. The maximum atomic E-state index is 10.5. The van der Waals surface area contributed by atoms with E-state index in [1.807, 2.05) is 0 Å². The molecule has 0 bridgehead atoms. The Kier molecular flexibility index (Phi) is 3.31. The van der Waals surface area contributed by atoms with Crippen LogP contribution in [0.15, 0.2) is 0 Å². The van der Waals surface area contributed by atoms with E-state index in [0.29, 0.717) is 24.7 Å². The zero-order chi connectivity index (χ0) is 9.90. The third-order valence-corrected chi connectivity index (χ3v) is 2.39. The van der Waals surface area contributed by atoms with Crippen molar-refractivity contribution in [3.8, 4) is 0 Å². The van der Waals surface area contributed by atoms with Gasteiger partial charge in [-0.15, -0.1) is 0 Å². The van der Waals surface area contributed by atoms with E-state index < -0.39 is 0 Å². The second-order valence-electron chi connectivity index (χ2n) is 4.55. The van der Waals surface area contributed by atoms with Crippen molar-refractivity contribution in [2.75, 3.05) is 13.2 Å². The van der Waals surface area contributed by atoms with Crippen molar-refractivity contribution < 1.29 is 9.53 Å². The lowest BCUT2D eigenvalue weighted by atomic mass is 9.70. The lowest BCUT2D eigenvalue weighted by Crippen LogP contribution is -2.39. The first kappa shape index (κ1) is 10.5. The summed E-state index contributed by atoms with van der Waals surface area (Å²) in [7, 11) is 0. The van der Waals surface area contributed by atoms with E-state index in [-0.39, 0.29) is 5.91 Å². The van der Waals surface area contributed by atoms with Crippen molar-refractivity contribution in [1.29, 1.82) is 0 Å². The van der Waals surface area contributed by atoms with Crippen LogP contribution in [0, 0.1) is 5.41 Å². The maximum absolute atomic E-state index is 10.5. The lowest BCUT2D eigenvalue weighted by Gasteiger charge is -2.42. The minimum absolute atomic E-state index is 0.0116. The standard InChI is InChI=1S/C10H19NO2/c1-8(12)11-4-5-13-9-6-10(2,3)7-9/h9H,4-7H2,1-3H3,(H,11,12). The first-order valence-electron chi connectivity index (χ1n) is 4.86. The molecule has 0 heterocycles. The summed E-state index contributed by atoms with van der Waals surface area (Å²) in [6, 6.07) is 0. The van der Waals surface area contributed by atoms with Gasteiger partial charge in [0.15, 0.2) is 0 Å². The fourth-order valence-corrected chi connectivity index (χ4v) is 1.74. The molecular formula is C10H19NO2.